The first-order chi connectivity index (χ1) is 11.5. The highest BCUT2D eigenvalue weighted by Crippen LogP contribution is 2.22. The second kappa shape index (κ2) is 6.71. The highest BCUT2D eigenvalue weighted by atomic mass is 15.1. The fourth-order valence-electron chi connectivity index (χ4n) is 2.55. The third-order valence-electron chi connectivity index (χ3n) is 3.78. The average molecular weight is 318 g/mol. The molecule has 0 amide bonds. The SMILES string of the molecule is Cc1cccc(Nc2cc(C)nc(Nc3cc(C)ccc3C)n2)c1. The Balaban J connectivity index is 1.87. The van der Waals surface area contributed by atoms with Crippen LogP contribution in [0.3, 0.4) is 0 Å². The molecule has 3 rings (SSSR count). The normalized spacial score (nSPS) is 10.5. The van der Waals surface area contributed by atoms with Crippen LogP contribution in [0.1, 0.15) is 22.4 Å². The molecular weight excluding hydrogens is 296 g/mol. The Morgan fingerprint density at radius 3 is 2.33 bits per heavy atom. The lowest BCUT2D eigenvalue weighted by Crippen LogP contribution is -2.03. The van der Waals surface area contributed by atoms with E-state index in [-0.39, 0.29) is 0 Å². The molecule has 4 heteroatoms. The Morgan fingerprint density at radius 1 is 0.750 bits per heavy atom. The van der Waals surface area contributed by atoms with Crippen molar-refractivity contribution in [3.63, 3.8) is 0 Å². The molecule has 0 aliphatic rings. The van der Waals surface area contributed by atoms with Gasteiger partial charge < -0.3 is 10.6 Å². The zero-order chi connectivity index (χ0) is 17.1. The van der Waals surface area contributed by atoms with Crippen LogP contribution < -0.4 is 10.6 Å². The van der Waals surface area contributed by atoms with Crippen molar-refractivity contribution >= 4 is 23.1 Å². The molecule has 0 unspecified atom stereocenters. The molecule has 122 valence electrons. The molecule has 0 fully saturated rings. The Morgan fingerprint density at radius 2 is 1.54 bits per heavy atom. The van der Waals surface area contributed by atoms with Crippen LogP contribution in [-0.2, 0) is 0 Å². The number of nitrogens with zero attached hydrogens (tertiary/aromatic N) is 2. The minimum Gasteiger partial charge on any atom is -0.340 e. The van der Waals surface area contributed by atoms with Gasteiger partial charge in [0.1, 0.15) is 5.82 Å². The minimum absolute atomic E-state index is 0.596. The molecule has 1 aromatic heterocycles. The van der Waals surface area contributed by atoms with Crippen molar-refractivity contribution in [3.05, 3.63) is 70.9 Å². The zero-order valence-electron chi connectivity index (χ0n) is 14.5. The molecule has 24 heavy (non-hydrogen) atoms. The predicted octanol–water partition coefficient (Wildman–Crippen LogP) is 5.20. The van der Waals surface area contributed by atoms with Crippen molar-refractivity contribution in [2.45, 2.75) is 27.7 Å². The summed E-state index contributed by atoms with van der Waals surface area (Å²) in [4.78, 5) is 9.09. The predicted molar refractivity (Wildman–Crippen MR) is 100 cm³/mol. The average Bonchev–Trinajstić information content (AvgIpc) is 2.50. The number of anilines is 4. The molecule has 2 aromatic carbocycles. The van der Waals surface area contributed by atoms with Gasteiger partial charge in [-0.25, -0.2) is 4.98 Å². The Kier molecular flexibility index (Phi) is 4.47. The molecule has 1 heterocycles. The molecule has 4 nitrogen and oxygen atoms in total. The van der Waals surface area contributed by atoms with Gasteiger partial charge in [0.2, 0.25) is 5.95 Å². The van der Waals surface area contributed by atoms with Gasteiger partial charge in [-0.05, 0) is 62.6 Å². The fourth-order valence-corrected chi connectivity index (χ4v) is 2.55. The monoisotopic (exact) mass is 318 g/mol. The summed E-state index contributed by atoms with van der Waals surface area (Å²) >= 11 is 0. The summed E-state index contributed by atoms with van der Waals surface area (Å²) < 4.78 is 0. The number of nitrogens with one attached hydrogen (secondary N) is 2. The standard InChI is InChI=1S/C20H22N4/c1-13-6-5-7-17(10-13)22-19-12-16(4)21-20(24-19)23-18-11-14(2)8-9-15(18)3/h5-12H,1-4H3,(H2,21,22,23,24). The minimum atomic E-state index is 0.596. The first-order valence-electron chi connectivity index (χ1n) is 8.03. The highest BCUT2D eigenvalue weighted by molar-refractivity contribution is 5.62. The van der Waals surface area contributed by atoms with E-state index in [1.165, 1.54) is 16.7 Å². The summed E-state index contributed by atoms with van der Waals surface area (Å²) in [6, 6.07) is 16.5. The van der Waals surface area contributed by atoms with Crippen molar-refractivity contribution in [2.75, 3.05) is 10.6 Å². The summed E-state index contributed by atoms with van der Waals surface area (Å²) in [7, 11) is 0. The maximum Gasteiger partial charge on any atom is 0.229 e. The van der Waals surface area contributed by atoms with Crippen LogP contribution in [0.15, 0.2) is 48.5 Å². The largest absolute Gasteiger partial charge is 0.340 e. The smallest absolute Gasteiger partial charge is 0.229 e. The van der Waals surface area contributed by atoms with Gasteiger partial charge in [0.15, 0.2) is 0 Å². The van der Waals surface area contributed by atoms with Crippen molar-refractivity contribution in [1.82, 2.24) is 9.97 Å². The van der Waals surface area contributed by atoms with Gasteiger partial charge >= 0.3 is 0 Å². The first kappa shape index (κ1) is 16.0. The Bertz CT molecular complexity index is 871. The van der Waals surface area contributed by atoms with Crippen LogP contribution in [0.25, 0.3) is 0 Å². The molecule has 0 aliphatic heterocycles. The maximum atomic E-state index is 4.59. The molecule has 0 bridgehead atoms. The molecule has 0 spiro atoms. The second-order valence-electron chi connectivity index (χ2n) is 6.16. The topological polar surface area (TPSA) is 49.8 Å². The van der Waals surface area contributed by atoms with Crippen LogP contribution in [0.2, 0.25) is 0 Å². The second-order valence-corrected chi connectivity index (χ2v) is 6.16. The zero-order valence-corrected chi connectivity index (χ0v) is 14.5. The number of rotatable bonds is 4. The third-order valence-corrected chi connectivity index (χ3v) is 3.78. The molecule has 0 aliphatic carbocycles. The Hall–Kier alpha value is -2.88. The van der Waals surface area contributed by atoms with E-state index >= 15 is 0 Å². The molecule has 3 aromatic rings. The number of benzene rings is 2. The molecule has 0 saturated heterocycles. The van der Waals surface area contributed by atoms with Crippen molar-refractivity contribution in [1.29, 1.82) is 0 Å². The van der Waals surface area contributed by atoms with Crippen molar-refractivity contribution < 1.29 is 0 Å². The van der Waals surface area contributed by atoms with Gasteiger partial charge in [0.25, 0.3) is 0 Å². The maximum absolute atomic E-state index is 4.59. The first-order valence-corrected chi connectivity index (χ1v) is 8.03. The van der Waals surface area contributed by atoms with Gasteiger partial charge in [0.05, 0.1) is 0 Å². The lowest BCUT2D eigenvalue weighted by molar-refractivity contribution is 1.10. The van der Waals surface area contributed by atoms with E-state index in [1.807, 2.05) is 25.1 Å². The molecule has 0 radical (unpaired) electrons. The van der Waals surface area contributed by atoms with Crippen LogP contribution in [0.5, 0.6) is 0 Å². The van der Waals surface area contributed by atoms with Crippen LogP contribution >= 0.6 is 0 Å². The number of aryl methyl sites for hydroxylation is 4. The number of hydrogen-bond donors (Lipinski definition) is 2. The van der Waals surface area contributed by atoms with E-state index in [4.69, 9.17) is 0 Å². The number of aromatic nitrogens is 2. The number of hydrogen-bond acceptors (Lipinski definition) is 4. The van der Waals surface area contributed by atoms with Crippen molar-refractivity contribution in [2.24, 2.45) is 0 Å². The summed E-state index contributed by atoms with van der Waals surface area (Å²) in [5.74, 6) is 1.37. The van der Waals surface area contributed by atoms with Crippen LogP contribution in [0.4, 0.5) is 23.1 Å². The van der Waals surface area contributed by atoms with E-state index in [2.05, 4.69) is 71.7 Å². The molecule has 0 saturated carbocycles. The van der Waals surface area contributed by atoms with Crippen LogP contribution in [-0.4, -0.2) is 9.97 Å². The van der Waals surface area contributed by atoms with E-state index in [1.54, 1.807) is 0 Å². The summed E-state index contributed by atoms with van der Waals surface area (Å²) in [6.07, 6.45) is 0. The third kappa shape index (κ3) is 3.90. The van der Waals surface area contributed by atoms with Gasteiger partial charge in [0, 0.05) is 23.1 Å². The quantitative estimate of drug-likeness (QED) is 0.694. The Labute approximate surface area is 143 Å². The van der Waals surface area contributed by atoms with Gasteiger partial charge in [-0.1, -0.05) is 24.3 Å². The molecule has 2 N–H and O–H groups in total. The summed E-state index contributed by atoms with van der Waals surface area (Å²) in [5.41, 5.74) is 6.54. The lowest BCUT2D eigenvalue weighted by Gasteiger charge is -2.12. The van der Waals surface area contributed by atoms with E-state index in [0.717, 1.165) is 22.9 Å². The van der Waals surface area contributed by atoms with E-state index in [9.17, 15) is 0 Å². The van der Waals surface area contributed by atoms with E-state index in [0.29, 0.717) is 5.95 Å². The fraction of sp³-hybridized carbons (Fsp3) is 0.200. The van der Waals surface area contributed by atoms with E-state index < -0.39 is 0 Å². The summed E-state index contributed by atoms with van der Waals surface area (Å²) in [6.45, 7) is 8.19. The lowest BCUT2D eigenvalue weighted by atomic mass is 10.1. The molecule has 0 atom stereocenters. The van der Waals surface area contributed by atoms with Crippen molar-refractivity contribution in [3.8, 4) is 0 Å². The van der Waals surface area contributed by atoms with Crippen LogP contribution in [0, 0.1) is 27.7 Å². The highest BCUT2D eigenvalue weighted by Gasteiger charge is 2.06. The van der Waals surface area contributed by atoms with Gasteiger partial charge in [-0.2, -0.15) is 4.98 Å². The summed E-state index contributed by atoms with van der Waals surface area (Å²) in [5, 5.41) is 6.68. The molecular formula is C20H22N4. The van der Waals surface area contributed by atoms with Gasteiger partial charge in [-0.15, -0.1) is 0 Å². The van der Waals surface area contributed by atoms with Gasteiger partial charge in [-0.3, -0.25) is 0 Å².